The molecule has 0 aromatic heterocycles. The van der Waals surface area contributed by atoms with E-state index in [1.54, 1.807) is 4.81 Å². The molecule has 0 aliphatic heterocycles. The van der Waals surface area contributed by atoms with Gasteiger partial charge in [-0.05, 0) is 26.0 Å². The summed E-state index contributed by atoms with van der Waals surface area (Å²) in [6.45, 7) is 4.93. The lowest BCUT2D eigenvalue weighted by Gasteiger charge is -2.17. The molecule has 0 amide bonds. The zero-order valence-corrected chi connectivity index (χ0v) is 7.04. The number of hydrogen-bond acceptors (Lipinski definition) is 1. The molecule has 1 aromatic rings. The second-order valence-electron chi connectivity index (χ2n) is 2.62. The number of anilines is 1. The van der Waals surface area contributed by atoms with E-state index in [0.29, 0.717) is 0 Å². The van der Waals surface area contributed by atoms with Crippen LogP contribution in [0, 0.1) is 6.92 Å². The van der Waals surface area contributed by atoms with Gasteiger partial charge in [0.1, 0.15) is 0 Å². The van der Waals surface area contributed by atoms with Crippen molar-refractivity contribution in [3.8, 4) is 0 Å². The van der Waals surface area contributed by atoms with Gasteiger partial charge in [0.2, 0.25) is 7.98 Å². The average Bonchev–Trinajstić information content (AvgIpc) is 2.05. The molecule has 0 aliphatic rings. The maximum Gasteiger partial charge on any atom is 0.226 e. The maximum absolute atomic E-state index is 5.68. The molecule has 11 heavy (non-hydrogen) atoms. The molecule has 0 spiro atoms. The summed E-state index contributed by atoms with van der Waals surface area (Å²) in [6, 6.07) is 8.17. The van der Waals surface area contributed by atoms with E-state index in [4.69, 9.17) is 7.98 Å². The largest absolute Gasteiger partial charge is 0.425 e. The lowest BCUT2D eigenvalue weighted by Crippen LogP contribution is -2.17. The quantitative estimate of drug-likeness (QED) is 0.574. The third-order valence-corrected chi connectivity index (χ3v) is 1.71. The molecule has 1 nitrogen and oxygen atoms in total. The maximum atomic E-state index is 5.68. The van der Waals surface area contributed by atoms with Crippen molar-refractivity contribution in [1.82, 2.24) is 0 Å². The molecular weight excluding hydrogens is 133 g/mol. The molecule has 0 bridgehead atoms. The molecule has 0 saturated carbocycles. The van der Waals surface area contributed by atoms with E-state index < -0.39 is 0 Å². The summed E-state index contributed by atoms with van der Waals surface area (Å²) < 4.78 is 0. The molecule has 2 radical (unpaired) electrons. The fourth-order valence-electron chi connectivity index (χ4n) is 0.919. The molecule has 1 rings (SSSR count). The van der Waals surface area contributed by atoms with Crippen LogP contribution in [-0.2, 0) is 0 Å². The Balaban J connectivity index is 2.81. The van der Waals surface area contributed by atoms with Gasteiger partial charge in [-0.2, -0.15) is 0 Å². The predicted octanol–water partition coefficient (Wildman–Crippen LogP) is 1.90. The molecule has 0 unspecified atom stereocenters. The zero-order valence-electron chi connectivity index (χ0n) is 7.04. The average molecular weight is 145 g/mol. The Morgan fingerprint density at radius 1 is 1.27 bits per heavy atom. The predicted molar refractivity (Wildman–Crippen MR) is 50.0 cm³/mol. The molecule has 0 aliphatic carbocycles. The monoisotopic (exact) mass is 145 g/mol. The Morgan fingerprint density at radius 2 is 1.82 bits per heavy atom. The van der Waals surface area contributed by atoms with Crippen molar-refractivity contribution in [2.75, 3.05) is 11.4 Å². The SMILES string of the molecule is [B]N(CC)c1ccc(C)cc1. The summed E-state index contributed by atoms with van der Waals surface area (Å²) in [7, 11) is 5.68. The number of aryl methyl sites for hydroxylation is 1. The third-order valence-electron chi connectivity index (χ3n) is 1.71. The number of rotatable bonds is 2. The minimum atomic E-state index is 0.836. The second kappa shape index (κ2) is 3.47. The van der Waals surface area contributed by atoms with Crippen molar-refractivity contribution in [3.63, 3.8) is 0 Å². The minimum absolute atomic E-state index is 0.836. The molecular formula is C9H12BN. The van der Waals surface area contributed by atoms with Crippen molar-refractivity contribution < 1.29 is 0 Å². The minimum Gasteiger partial charge on any atom is -0.425 e. The first-order valence-electron chi connectivity index (χ1n) is 3.83. The van der Waals surface area contributed by atoms with Gasteiger partial charge >= 0.3 is 0 Å². The highest BCUT2D eigenvalue weighted by molar-refractivity contribution is 6.17. The van der Waals surface area contributed by atoms with E-state index in [0.717, 1.165) is 12.2 Å². The van der Waals surface area contributed by atoms with E-state index in [9.17, 15) is 0 Å². The molecule has 2 heteroatoms. The van der Waals surface area contributed by atoms with Gasteiger partial charge in [-0.1, -0.05) is 17.7 Å². The highest BCUT2D eigenvalue weighted by Crippen LogP contribution is 2.11. The normalized spacial score (nSPS) is 9.64. The van der Waals surface area contributed by atoms with Crippen LogP contribution in [0.5, 0.6) is 0 Å². The molecule has 0 fully saturated rings. The Hall–Kier alpha value is -0.915. The van der Waals surface area contributed by atoms with Gasteiger partial charge < -0.3 is 4.81 Å². The van der Waals surface area contributed by atoms with Crippen LogP contribution in [-0.4, -0.2) is 14.5 Å². The Labute approximate surface area is 69.5 Å². The van der Waals surface area contributed by atoms with Crippen LogP contribution in [0.25, 0.3) is 0 Å². The van der Waals surface area contributed by atoms with Crippen LogP contribution < -0.4 is 4.81 Å². The van der Waals surface area contributed by atoms with Gasteiger partial charge in [-0.25, -0.2) is 0 Å². The standard InChI is InChI=1S/C9H12BN/c1-3-11(10)9-6-4-8(2)5-7-9/h4-7H,3H2,1-2H3. The lowest BCUT2D eigenvalue weighted by molar-refractivity contribution is 1.10. The summed E-state index contributed by atoms with van der Waals surface area (Å²) in [5, 5.41) is 0. The van der Waals surface area contributed by atoms with Crippen LogP contribution in [0.1, 0.15) is 12.5 Å². The molecule has 0 N–H and O–H groups in total. The topological polar surface area (TPSA) is 3.24 Å². The van der Waals surface area contributed by atoms with Crippen LogP contribution in [0.2, 0.25) is 0 Å². The van der Waals surface area contributed by atoms with Crippen molar-refractivity contribution in [1.29, 1.82) is 0 Å². The zero-order chi connectivity index (χ0) is 8.27. The van der Waals surface area contributed by atoms with E-state index in [1.165, 1.54) is 5.56 Å². The van der Waals surface area contributed by atoms with Gasteiger partial charge in [-0.3, -0.25) is 0 Å². The molecule has 0 atom stereocenters. The molecule has 56 valence electrons. The van der Waals surface area contributed by atoms with Crippen molar-refractivity contribution in [3.05, 3.63) is 29.8 Å². The first-order chi connectivity index (χ1) is 5.24. The Bertz CT molecular complexity index is 218. The first-order valence-corrected chi connectivity index (χ1v) is 3.83. The van der Waals surface area contributed by atoms with Crippen LogP contribution in [0.3, 0.4) is 0 Å². The van der Waals surface area contributed by atoms with Crippen molar-refractivity contribution in [2.45, 2.75) is 13.8 Å². The van der Waals surface area contributed by atoms with Gasteiger partial charge in [0.05, 0.1) is 0 Å². The molecule has 0 saturated heterocycles. The van der Waals surface area contributed by atoms with E-state index in [1.807, 2.05) is 19.1 Å². The Morgan fingerprint density at radius 3 is 2.27 bits per heavy atom. The molecule has 0 heterocycles. The summed E-state index contributed by atoms with van der Waals surface area (Å²) >= 11 is 0. The summed E-state index contributed by atoms with van der Waals surface area (Å²) in [6.07, 6.45) is 0. The second-order valence-corrected chi connectivity index (χ2v) is 2.62. The summed E-state index contributed by atoms with van der Waals surface area (Å²) in [5.41, 5.74) is 2.33. The van der Waals surface area contributed by atoms with E-state index >= 15 is 0 Å². The fourth-order valence-corrected chi connectivity index (χ4v) is 0.919. The third kappa shape index (κ3) is 2.00. The highest BCUT2D eigenvalue weighted by Gasteiger charge is 1.94. The van der Waals surface area contributed by atoms with Gasteiger partial charge in [0.25, 0.3) is 0 Å². The van der Waals surface area contributed by atoms with Gasteiger partial charge in [-0.15, -0.1) is 0 Å². The summed E-state index contributed by atoms with van der Waals surface area (Å²) in [4.78, 5) is 1.72. The lowest BCUT2D eigenvalue weighted by atomic mass is 10.2. The number of hydrogen-bond donors (Lipinski definition) is 0. The number of benzene rings is 1. The first kappa shape index (κ1) is 8.18. The van der Waals surface area contributed by atoms with Crippen molar-refractivity contribution >= 4 is 13.7 Å². The van der Waals surface area contributed by atoms with E-state index in [-0.39, 0.29) is 0 Å². The Kier molecular flexibility index (Phi) is 2.58. The fraction of sp³-hybridized carbons (Fsp3) is 0.333. The number of nitrogens with zero attached hydrogens (tertiary/aromatic N) is 1. The molecule has 1 aromatic carbocycles. The van der Waals surface area contributed by atoms with Crippen molar-refractivity contribution in [2.24, 2.45) is 0 Å². The van der Waals surface area contributed by atoms with Crippen LogP contribution in [0.4, 0.5) is 5.69 Å². The van der Waals surface area contributed by atoms with Crippen LogP contribution in [0.15, 0.2) is 24.3 Å². The summed E-state index contributed by atoms with van der Waals surface area (Å²) in [5.74, 6) is 0. The van der Waals surface area contributed by atoms with Gasteiger partial charge in [0, 0.05) is 12.2 Å². The highest BCUT2D eigenvalue weighted by atomic mass is 15.0. The smallest absolute Gasteiger partial charge is 0.226 e. The van der Waals surface area contributed by atoms with Crippen LogP contribution >= 0.6 is 0 Å². The van der Waals surface area contributed by atoms with Gasteiger partial charge in [0.15, 0.2) is 0 Å². The van der Waals surface area contributed by atoms with E-state index in [2.05, 4.69) is 19.1 Å².